The molecule has 0 aromatic heterocycles. The number of ether oxygens (including phenoxy) is 2. The molecule has 1 N–H and O–H groups in total. The minimum Gasteiger partial charge on any atom is -0.497 e. The highest BCUT2D eigenvalue weighted by atomic mass is 16.5. The molecule has 1 heterocycles. The molecule has 0 bridgehead atoms. The number of carbonyl (C=O) groups excluding carboxylic acids is 2. The maximum Gasteiger partial charge on any atom is 0.250 e. The molecule has 1 unspecified atom stereocenters. The quantitative estimate of drug-likeness (QED) is 0.896. The summed E-state index contributed by atoms with van der Waals surface area (Å²) < 4.78 is 10.5. The van der Waals surface area contributed by atoms with E-state index in [1.165, 1.54) is 12.0 Å². The van der Waals surface area contributed by atoms with Crippen LogP contribution in [0.4, 0.5) is 5.69 Å². The zero-order valence-corrected chi connectivity index (χ0v) is 12.1. The van der Waals surface area contributed by atoms with E-state index in [0.29, 0.717) is 17.2 Å². The summed E-state index contributed by atoms with van der Waals surface area (Å²) in [5, 5.41) is 2.79. The van der Waals surface area contributed by atoms with Crippen LogP contribution in [0.3, 0.4) is 0 Å². The first-order valence-electron chi connectivity index (χ1n) is 6.97. The highest BCUT2D eigenvalue weighted by Crippen LogP contribution is 2.38. The number of benzene rings is 1. The Morgan fingerprint density at radius 3 is 2.57 bits per heavy atom. The Morgan fingerprint density at radius 1 is 1.19 bits per heavy atom. The largest absolute Gasteiger partial charge is 0.497 e. The number of hydrogen-bond acceptors (Lipinski definition) is 4. The monoisotopic (exact) mass is 290 g/mol. The molecule has 1 aromatic rings. The van der Waals surface area contributed by atoms with Crippen LogP contribution in [0, 0.1) is 5.92 Å². The van der Waals surface area contributed by atoms with Gasteiger partial charge in [-0.15, -0.1) is 0 Å². The van der Waals surface area contributed by atoms with Crippen LogP contribution >= 0.6 is 0 Å². The van der Waals surface area contributed by atoms with Gasteiger partial charge in [0.2, 0.25) is 11.8 Å². The van der Waals surface area contributed by atoms with Crippen LogP contribution < -0.4 is 19.7 Å². The summed E-state index contributed by atoms with van der Waals surface area (Å²) in [5.41, 5.74) is 0.601. The van der Waals surface area contributed by atoms with Gasteiger partial charge >= 0.3 is 0 Å². The van der Waals surface area contributed by atoms with E-state index in [0.717, 1.165) is 12.8 Å². The standard InChI is InChI=1S/C15H18N2O4/c1-20-10-5-6-11(12(7-10)21-2)17-8-13(18)16-14(15(17)19)9-3-4-9/h5-7,9,14H,3-4,8H2,1-2H3,(H,16,18). The third-order valence-electron chi connectivity index (χ3n) is 3.92. The van der Waals surface area contributed by atoms with E-state index in [1.807, 2.05) is 0 Å². The van der Waals surface area contributed by atoms with Gasteiger partial charge in [-0.1, -0.05) is 0 Å². The molecule has 1 saturated carbocycles. The fraction of sp³-hybridized carbons (Fsp3) is 0.467. The van der Waals surface area contributed by atoms with Crippen LogP contribution in [-0.2, 0) is 9.59 Å². The summed E-state index contributed by atoms with van der Waals surface area (Å²) in [5.74, 6) is 1.23. The Labute approximate surface area is 123 Å². The Balaban J connectivity index is 1.94. The summed E-state index contributed by atoms with van der Waals surface area (Å²) in [7, 11) is 3.10. The fourth-order valence-electron chi connectivity index (χ4n) is 2.63. The highest BCUT2D eigenvalue weighted by molar-refractivity contribution is 6.07. The number of hydrogen-bond donors (Lipinski definition) is 1. The summed E-state index contributed by atoms with van der Waals surface area (Å²) in [6.07, 6.45) is 1.98. The van der Waals surface area contributed by atoms with Crippen molar-refractivity contribution in [3.05, 3.63) is 18.2 Å². The van der Waals surface area contributed by atoms with Crippen molar-refractivity contribution in [1.82, 2.24) is 5.32 Å². The Morgan fingerprint density at radius 2 is 1.95 bits per heavy atom. The molecule has 3 rings (SSSR count). The van der Waals surface area contributed by atoms with Gasteiger partial charge in [-0.25, -0.2) is 0 Å². The number of carbonyl (C=O) groups is 2. The Kier molecular flexibility index (Phi) is 3.45. The van der Waals surface area contributed by atoms with Gasteiger partial charge in [-0.2, -0.15) is 0 Å². The van der Waals surface area contributed by atoms with Crippen molar-refractivity contribution in [3.8, 4) is 11.5 Å². The van der Waals surface area contributed by atoms with Crippen molar-refractivity contribution < 1.29 is 19.1 Å². The SMILES string of the molecule is COc1ccc(N2CC(=O)NC(C3CC3)C2=O)c(OC)c1. The predicted molar refractivity (Wildman–Crippen MR) is 76.6 cm³/mol. The lowest BCUT2D eigenvalue weighted by molar-refractivity contribution is -0.131. The van der Waals surface area contributed by atoms with Crippen molar-refractivity contribution in [2.24, 2.45) is 5.92 Å². The lowest BCUT2D eigenvalue weighted by atomic mass is 10.1. The summed E-state index contributed by atoms with van der Waals surface area (Å²) in [4.78, 5) is 26.0. The van der Waals surface area contributed by atoms with E-state index in [2.05, 4.69) is 5.32 Å². The van der Waals surface area contributed by atoms with Gasteiger partial charge in [0.25, 0.3) is 0 Å². The molecule has 112 valence electrons. The van der Waals surface area contributed by atoms with Crippen LogP contribution in [0.25, 0.3) is 0 Å². The second kappa shape index (κ2) is 5.27. The molecule has 1 atom stereocenters. The summed E-state index contributed by atoms with van der Waals surface area (Å²) >= 11 is 0. The first-order valence-corrected chi connectivity index (χ1v) is 6.97. The molecule has 1 aliphatic carbocycles. The number of rotatable bonds is 4. The second-order valence-electron chi connectivity index (χ2n) is 5.34. The topological polar surface area (TPSA) is 67.9 Å². The van der Waals surface area contributed by atoms with Crippen molar-refractivity contribution >= 4 is 17.5 Å². The number of nitrogens with zero attached hydrogens (tertiary/aromatic N) is 1. The molecule has 1 aliphatic heterocycles. The highest BCUT2D eigenvalue weighted by Gasteiger charge is 2.43. The molecule has 2 amide bonds. The van der Waals surface area contributed by atoms with Crippen LogP contribution in [0.5, 0.6) is 11.5 Å². The van der Waals surface area contributed by atoms with Crippen molar-refractivity contribution in [2.45, 2.75) is 18.9 Å². The summed E-state index contributed by atoms with van der Waals surface area (Å²) in [6, 6.07) is 4.81. The van der Waals surface area contributed by atoms with Gasteiger partial charge in [-0.05, 0) is 30.9 Å². The van der Waals surface area contributed by atoms with E-state index in [1.54, 1.807) is 25.3 Å². The van der Waals surface area contributed by atoms with E-state index < -0.39 is 6.04 Å². The van der Waals surface area contributed by atoms with Crippen LogP contribution in [-0.4, -0.2) is 38.6 Å². The second-order valence-corrected chi connectivity index (χ2v) is 5.34. The third kappa shape index (κ3) is 2.53. The average Bonchev–Trinajstić information content (AvgIpc) is 3.33. The number of nitrogens with one attached hydrogen (secondary N) is 1. The fourth-order valence-corrected chi connectivity index (χ4v) is 2.63. The van der Waals surface area contributed by atoms with E-state index in [-0.39, 0.29) is 24.3 Å². The molecular weight excluding hydrogens is 272 g/mol. The van der Waals surface area contributed by atoms with E-state index in [4.69, 9.17) is 9.47 Å². The van der Waals surface area contributed by atoms with Crippen LogP contribution in [0.1, 0.15) is 12.8 Å². The number of piperazine rings is 1. The maximum absolute atomic E-state index is 12.6. The lowest BCUT2D eigenvalue weighted by Gasteiger charge is -2.33. The molecule has 0 radical (unpaired) electrons. The molecule has 21 heavy (non-hydrogen) atoms. The van der Waals surface area contributed by atoms with E-state index in [9.17, 15) is 9.59 Å². The van der Waals surface area contributed by atoms with Gasteiger partial charge in [-0.3, -0.25) is 14.5 Å². The predicted octanol–water partition coefficient (Wildman–Crippen LogP) is 0.945. The average molecular weight is 290 g/mol. The molecule has 6 nitrogen and oxygen atoms in total. The van der Waals surface area contributed by atoms with Crippen molar-refractivity contribution in [3.63, 3.8) is 0 Å². The number of methoxy groups -OCH3 is 2. The smallest absolute Gasteiger partial charge is 0.250 e. The lowest BCUT2D eigenvalue weighted by Crippen LogP contribution is -2.59. The van der Waals surface area contributed by atoms with Crippen LogP contribution in [0.2, 0.25) is 0 Å². The molecule has 1 aromatic carbocycles. The zero-order chi connectivity index (χ0) is 15.0. The van der Waals surface area contributed by atoms with Crippen molar-refractivity contribution in [2.75, 3.05) is 25.7 Å². The number of anilines is 1. The van der Waals surface area contributed by atoms with Gasteiger partial charge in [0.1, 0.15) is 24.1 Å². The Bertz CT molecular complexity index is 583. The first kappa shape index (κ1) is 13.7. The first-order chi connectivity index (χ1) is 10.1. The summed E-state index contributed by atoms with van der Waals surface area (Å²) in [6.45, 7) is 0.0186. The minimum atomic E-state index is -0.405. The molecule has 0 spiro atoms. The van der Waals surface area contributed by atoms with Gasteiger partial charge < -0.3 is 14.8 Å². The number of amides is 2. The minimum absolute atomic E-state index is 0.0186. The van der Waals surface area contributed by atoms with Crippen molar-refractivity contribution in [1.29, 1.82) is 0 Å². The molecule has 2 aliphatic rings. The maximum atomic E-state index is 12.6. The molecule has 1 saturated heterocycles. The third-order valence-corrected chi connectivity index (χ3v) is 3.92. The van der Waals surface area contributed by atoms with E-state index >= 15 is 0 Å². The van der Waals surface area contributed by atoms with Gasteiger partial charge in [0, 0.05) is 6.07 Å². The molecule has 6 heteroatoms. The van der Waals surface area contributed by atoms with Gasteiger partial charge in [0.05, 0.1) is 19.9 Å². The molecule has 2 fully saturated rings. The van der Waals surface area contributed by atoms with Crippen LogP contribution in [0.15, 0.2) is 18.2 Å². The van der Waals surface area contributed by atoms with Gasteiger partial charge in [0.15, 0.2) is 0 Å². The Hall–Kier alpha value is -2.24. The normalized spacial score (nSPS) is 22.0. The molecular formula is C15H18N2O4. The zero-order valence-electron chi connectivity index (χ0n) is 12.1.